The maximum atomic E-state index is 11.9. The molecule has 1 atom stereocenters. The fraction of sp³-hybridized carbons (Fsp3) is 0.545. The van der Waals surface area contributed by atoms with E-state index in [1.165, 1.54) is 6.08 Å². The number of piperidine rings is 1. The van der Waals surface area contributed by atoms with Crippen molar-refractivity contribution in [2.75, 3.05) is 13.2 Å². The third-order valence-corrected chi connectivity index (χ3v) is 2.83. The molecule has 1 aromatic rings. The Morgan fingerprint density at radius 3 is 3.17 bits per heavy atom. The van der Waals surface area contributed by atoms with Crippen LogP contribution in [0.2, 0.25) is 0 Å². The normalized spacial score (nSPS) is 19.6. The zero-order valence-corrected chi connectivity index (χ0v) is 9.92. The first-order chi connectivity index (χ1) is 8.72. The second kappa shape index (κ2) is 5.52. The summed E-state index contributed by atoms with van der Waals surface area (Å²) >= 11 is 0. The number of amides is 1. The predicted molar refractivity (Wildman–Crippen MR) is 62.0 cm³/mol. The van der Waals surface area contributed by atoms with Crippen LogP contribution < -0.4 is 5.76 Å². The van der Waals surface area contributed by atoms with Gasteiger partial charge < -0.3 is 4.74 Å². The SMILES string of the molecule is C=CCOC(=O)N1CCCCC1c1noc(=O)[nH]1. The van der Waals surface area contributed by atoms with E-state index in [4.69, 9.17) is 4.74 Å². The number of carbonyl (C=O) groups is 1. The molecule has 1 aromatic heterocycles. The van der Waals surface area contributed by atoms with Crippen LogP contribution in [0.3, 0.4) is 0 Å². The number of ether oxygens (including phenoxy) is 1. The number of likely N-dealkylation sites (tertiary alicyclic amines) is 1. The molecule has 2 heterocycles. The summed E-state index contributed by atoms with van der Waals surface area (Å²) < 4.78 is 9.48. The molecule has 0 bridgehead atoms. The van der Waals surface area contributed by atoms with Gasteiger partial charge in [-0.25, -0.2) is 9.59 Å². The van der Waals surface area contributed by atoms with E-state index in [0.717, 1.165) is 19.3 Å². The fourth-order valence-electron chi connectivity index (χ4n) is 2.03. The molecule has 0 saturated carbocycles. The highest BCUT2D eigenvalue weighted by molar-refractivity contribution is 5.68. The van der Waals surface area contributed by atoms with Crippen molar-refractivity contribution in [3.8, 4) is 0 Å². The van der Waals surface area contributed by atoms with Gasteiger partial charge in [0.25, 0.3) is 0 Å². The van der Waals surface area contributed by atoms with Gasteiger partial charge in [0.2, 0.25) is 0 Å². The molecule has 7 heteroatoms. The Bertz CT molecular complexity index is 479. The van der Waals surface area contributed by atoms with Gasteiger partial charge in [-0.1, -0.05) is 17.8 Å². The minimum Gasteiger partial charge on any atom is -0.445 e. The fourth-order valence-corrected chi connectivity index (χ4v) is 2.03. The van der Waals surface area contributed by atoms with Gasteiger partial charge in [0.1, 0.15) is 6.61 Å². The Morgan fingerprint density at radius 2 is 2.50 bits per heavy atom. The minimum atomic E-state index is -0.616. The maximum absolute atomic E-state index is 11.9. The van der Waals surface area contributed by atoms with E-state index in [2.05, 4.69) is 21.2 Å². The summed E-state index contributed by atoms with van der Waals surface area (Å²) in [6, 6.07) is -0.289. The van der Waals surface area contributed by atoms with Crippen LogP contribution in [0.25, 0.3) is 0 Å². The van der Waals surface area contributed by atoms with Crippen LogP contribution in [0.15, 0.2) is 22.0 Å². The number of hydrogen-bond donors (Lipinski definition) is 1. The first-order valence-electron chi connectivity index (χ1n) is 5.82. The molecule has 1 aliphatic rings. The van der Waals surface area contributed by atoms with E-state index in [-0.39, 0.29) is 12.6 Å². The number of aromatic amines is 1. The van der Waals surface area contributed by atoms with Gasteiger partial charge in [-0.2, -0.15) is 0 Å². The minimum absolute atomic E-state index is 0.164. The van der Waals surface area contributed by atoms with Crippen LogP contribution >= 0.6 is 0 Å². The molecule has 7 nitrogen and oxygen atoms in total. The standard InChI is InChI=1S/C11H15N3O4/c1-2-7-17-11(16)14-6-4-3-5-8(14)9-12-10(15)18-13-9/h2,8H,1,3-7H2,(H,12,13,15). The van der Waals surface area contributed by atoms with Gasteiger partial charge in [-0.3, -0.25) is 14.4 Å². The summed E-state index contributed by atoms with van der Waals surface area (Å²) in [7, 11) is 0. The van der Waals surface area contributed by atoms with Crippen molar-refractivity contribution < 1.29 is 14.1 Å². The predicted octanol–water partition coefficient (Wildman–Crippen LogP) is 1.21. The molecular weight excluding hydrogens is 238 g/mol. The van der Waals surface area contributed by atoms with E-state index in [9.17, 15) is 9.59 Å². The van der Waals surface area contributed by atoms with Crippen LogP contribution in [0.5, 0.6) is 0 Å². The third-order valence-electron chi connectivity index (χ3n) is 2.83. The number of rotatable bonds is 3. The number of aromatic nitrogens is 2. The molecule has 18 heavy (non-hydrogen) atoms. The van der Waals surface area contributed by atoms with Crippen molar-refractivity contribution in [3.63, 3.8) is 0 Å². The van der Waals surface area contributed by atoms with Gasteiger partial charge in [-0.15, -0.1) is 0 Å². The van der Waals surface area contributed by atoms with Crippen LogP contribution in [-0.2, 0) is 4.74 Å². The second-order valence-corrected chi connectivity index (χ2v) is 4.05. The van der Waals surface area contributed by atoms with Crippen molar-refractivity contribution in [2.24, 2.45) is 0 Å². The molecular formula is C11H15N3O4. The number of nitrogens with one attached hydrogen (secondary N) is 1. The Hall–Kier alpha value is -2.05. The molecule has 1 amide bonds. The smallest absolute Gasteiger partial charge is 0.438 e. The summed E-state index contributed by atoms with van der Waals surface area (Å²) in [6.45, 7) is 4.23. The Labute approximate surface area is 103 Å². The molecule has 1 unspecified atom stereocenters. The molecule has 0 aromatic carbocycles. The van der Waals surface area contributed by atoms with Crippen molar-refractivity contribution in [3.05, 3.63) is 29.0 Å². The average molecular weight is 253 g/mol. The number of carbonyl (C=O) groups excluding carboxylic acids is 1. The van der Waals surface area contributed by atoms with Crippen LogP contribution in [0.4, 0.5) is 4.79 Å². The highest BCUT2D eigenvalue weighted by atomic mass is 16.6. The lowest BCUT2D eigenvalue weighted by Crippen LogP contribution is -2.39. The lowest BCUT2D eigenvalue weighted by molar-refractivity contribution is 0.0776. The molecule has 98 valence electrons. The molecule has 1 fully saturated rings. The Kier molecular flexibility index (Phi) is 3.81. The zero-order valence-electron chi connectivity index (χ0n) is 9.92. The average Bonchev–Trinajstić information content (AvgIpc) is 2.82. The third kappa shape index (κ3) is 2.61. The maximum Gasteiger partial charge on any atom is 0.438 e. The molecule has 0 radical (unpaired) electrons. The van der Waals surface area contributed by atoms with Gasteiger partial charge >= 0.3 is 11.8 Å². The summed E-state index contributed by atoms with van der Waals surface area (Å²) in [4.78, 5) is 26.8. The molecule has 2 rings (SSSR count). The molecule has 1 saturated heterocycles. The van der Waals surface area contributed by atoms with E-state index < -0.39 is 11.8 Å². The first kappa shape index (κ1) is 12.4. The van der Waals surface area contributed by atoms with Crippen LogP contribution in [0.1, 0.15) is 31.1 Å². The molecule has 0 aliphatic carbocycles. The Morgan fingerprint density at radius 1 is 1.67 bits per heavy atom. The van der Waals surface area contributed by atoms with E-state index >= 15 is 0 Å². The highest BCUT2D eigenvalue weighted by Gasteiger charge is 2.31. The Balaban J connectivity index is 2.13. The zero-order chi connectivity index (χ0) is 13.0. The number of nitrogens with zero attached hydrogens (tertiary/aromatic N) is 2. The van der Waals surface area contributed by atoms with Gasteiger partial charge in [0, 0.05) is 6.54 Å². The molecule has 1 aliphatic heterocycles. The first-order valence-corrected chi connectivity index (χ1v) is 5.82. The van der Waals surface area contributed by atoms with Crippen molar-refractivity contribution in [2.45, 2.75) is 25.3 Å². The summed E-state index contributed by atoms with van der Waals surface area (Å²) in [5, 5.41) is 3.64. The van der Waals surface area contributed by atoms with Gasteiger partial charge in [0.15, 0.2) is 5.82 Å². The summed E-state index contributed by atoms with van der Waals surface area (Å²) in [5.74, 6) is -0.245. The molecule has 1 N–H and O–H groups in total. The van der Waals surface area contributed by atoms with Crippen molar-refractivity contribution in [1.82, 2.24) is 15.0 Å². The summed E-state index contributed by atoms with van der Waals surface area (Å²) in [6.07, 6.45) is 3.68. The van der Waals surface area contributed by atoms with Crippen LogP contribution in [-0.4, -0.2) is 34.3 Å². The highest BCUT2D eigenvalue weighted by Crippen LogP contribution is 2.28. The lowest BCUT2D eigenvalue weighted by atomic mass is 10.0. The summed E-state index contributed by atoms with van der Waals surface area (Å²) in [5.41, 5.74) is 0. The number of H-pyrrole nitrogens is 1. The van der Waals surface area contributed by atoms with Crippen molar-refractivity contribution >= 4 is 6.09 Å². The lowest BCUT2D eigenvalue weighted by Gasteiger charge is -2.32. The quantitative estimate of drug-likeness (QED) is 0.818. The van der Waals surface area contributed by atoms with E-state index in [1.54, 1.807) is 4.90 Å². The van der Waals surface area contributed by atoms with E-state index in [0.29, 0.717) is 12.4 Å². The topological polar surface area (TPSA) is 88.4 Å². The van der Waals surface area contributed by atoms with Gasteiger partial charge in [0.05, 0.1) is 6.04 Å². The van der Waals surface area contributed by atoms with Gasteiger partial charge in [-0.05, 0) is 19.3 Å². The van der Waals surface area contributed by atoms with Crippen molar-refractivity contribution in [1.29, 1.82) is 0 Å². The molecule has 0 spiro atoms. The number of hydrogen-bond acceptors (Lipinski definition) is 5. The monoisotopic (exact) mass is 253 g/mol. The van der Waals surface area contributed by atoms with E-state index in [1.807, 2.05) is 0 Å². The van der Waals surface area contributed by atoms with Crippen LogP contribution in [0, 0.1) is 0 Å². The largest absolute Gasteiger partial charge is 0.445 e. The second-order valence-electron chi connectivity index (χ2n) is 4.05.